The van der Waals surface area contributed by atoms with Gasteiger partial charge in [-0.05, 0) is 278 Å². The van der Waals surface area contributed by atoms with E-state index in [1.54, 1.807) is 0 Å². The van der Waals surface area contributed by atoms with Crippen molar-refractivity contribution < 1.29 is 13.3 Å². The van der Waals surface area contributed by atoms with E-state index in [0.717, 1.165) is 139 Å². The topological polar surface area (TPSA) is 49.1 Å². The number of rotatable bonds is 16. The summed E-state index contributed by atoms with van der Waals surface area (Å²) < 4.78 is 20.2. The first-order chi connectivity index (χ1) is 69.6. The molecule has 1 aliphatic rings. The summed E-state index contributed by atoms with van der Waals surface area (Å²) in [6, 6.07) is 189. The minimum absolute atomic E-state index is 0.133. The molecule has 3 heterocycles. The van der Waals surface area contributed by atoms with Gasteiger partial charge in [0.2, 0.25) is 0 Å². The summed E-state index contributed by atoms with van der Waals surface area (Å²) in [4.78, 5) is 7.05. The molecule has 0 atom stereocenters. The van der Waals surface area contributed by atoms with Crippen molar-refractivity contribution in [1.29, 1.82) is 0 Å². The molecule has 6 heteroatoms. The van der Waals surface area contributed by atoms with Crippen LogP contribution in [0.2, 0.25) is 0 Å². The normalized spacial score (nSPS) is 12.0. The van der Waals surface area contributed by atoms with E-state index in [1.807, 2.05) is 12.1 Å². The number of nitrogens with zero attached hydrogens (tertiary/aromatic N) is 3. The van der Waals surface area contributed by atoms with E-state index in [4.69, 9.17) is 13.3 Å². The van der Waals surface area contributed by atoms with Crippen LogP contribution in [0, 0.1) is 0 Å². The Balaban J connectivity index is 0.000000112. The molecule has 23 aromatic carbocycles. The Morgan fingerprint density at radius 3 is 0.809 bits per heavy atom. The Kier molecular flexibility index (Phi) is 21.6. The van der Waals surface area contributed by atoms with Crippen molar-refractivity contribution in [3.8, 4) is 89.0 Å². The number of furan rings is 3. The largest absolute Gasteiger partial charge is 0.454 e. The van der Waals surface area contributed by atoms with E-state index in [1.165, 1.54) is 110 Å². The fourth-order valence-corrected chi connectivity index (χ4v) is 21.0. The number of benzene rings is 23. The van der Waals surface area contributed by atoms with Crippen molar-refractivity contribution in [2.45, 2.75) is 19.3 Å². The molecule has 0 N–H and O–H groups in total. The van der Waals surface area contributed by atoms with E-state index in [2.05, 4.69) is 544 Å². The average molecular weight is 1810 g/mol. The summed E-state index contributed by atoms with van der Waals surface area (Å²) >= 11 is 0. The van der Waals surface area contributed by atoms with Crippen LogP contribution in [0.5, 0.6) is 0 Å². The van der Waals surface area contributed by atoms with Gasteiger partial charge in [0.05, 0.1) is 17.1 Å². The van der Waals surface area contributed by atoms with E-state index >= 15 is 0 Å². The van der Waals surface area contributed by atoms with Gasteiger partial charge in [-0.1, -0.05) is 396 Å². The number of anilines is 9. The molecule has 0 unspecified atom stereocenters. The summed E-state index contributed by atoms with van der Waals surface area (Å²) in [6.45, 7) is 4.69. The fourth-order valence-electron chi connectivity index (χ4n) is 21.0. The van der Waals surface area contributed by atoms with E-state index in [9.17, 15) is 0 Å². The maximum absolute atomic E-state index is 6.80. The second kappa shape index (κ2) is 36.0. The van der Waals surface area contributed by atoms with Gasteiger partial charge in [-0.25, -0.2) is 0 Å². The second-order valence-corrected chi connectivity index (χ2v) is 37.0. The van der Waals surface area contributed by atoms with Crippen molar-refractivity contribution >= 4 is 149 Å². The Morgan fingerprint density at radius 2 is 0.418 bits per heavy atom. The monoisotopic (exact) mass is 1800 g/mol. The molecule has 0 saturated heterocycles. The Labute approximate surface area is 818 Å². The molecule has 0 radical (unpaired) electrons. The highest BCUT2D eigenvalue weighted by atomic mass is 16.3. The summed E-state index contributed by atoms with van der Waals surface area (Å²) in [7, 11) is 0. The van der Waals surface area contributed by atoms with Gasteiger partial charge in [0.1, 0.15) is 16.7 Å². The number of para-hydroxylation sites is 4. The first kappa shape index (κ1) is 84.4. The van der Waals surface area contributed by atoms with Gasteiger partial charge in [-0.2, -0.15) is 0 Å². The van der Waals surface area contributed by atoms with Crippen LogP contribution in [0.15, 0.2) is 541 Å². The summed E-state index contributed by atoms with van der Waals surface area (Å²) in [6.07, 6.45) is 0. The van der Waals surface area contributed by atoms with Crippen LogP contribution >= 0.6 is 0 Å². The van der Waals surface area contributed by atoms with Crippen molar-refractivity contribution in [3.05, 3.63) is 539 Å². The summed E-state index contributed by atoms with van der Waals surface area (Å²) in [5.41, 5.74) is 36.3. The second-order valence-electron chi connectivity index (χ2n) is 37.0. The molecule has 27 rings (SSSR count). The van der Waals surface area contributed by atoms with E-state index in [0.29, 0.717) is 0 Å². The third kappa shape index (κ3) is 15.9. The van der Waals surface area contributed by atoms with Crippen LogP contribution in [0.4, 0.5) is 51.2 Å². The predicted octanol–water partition coefficient (Wildman–Crippen LogP) is 38.6. The summed E-state index contributed by atoms with van der Waals surface area (Å²) in [5, 5.41) is 14.0. The quantitative estimate of drug-likeness (QED) is 0.0961. The lowest BCUT2D eigenvalue weighted by Crippen LogP contribution is -2.16. The third-order valence-corrected chi connectivity index (χ3v) is 28.1. The first-order valence-electron chi connectivity index (χ1n) is 48.3. The highest BCUT2D eigenvalue weighted by molar-refractivity contribution is 6.16. The van der Waals surface area contributed by atoms with Gasteiger partial charge in [-0.15, -0.1) is 0 Å². The zero-order valence-electron chi connectivity index (χ0n) is 77.8. The Morgan fingerprint density at radius 1 is 0.156 bits per heavy atom. The Hall–Kier alpha value is -18.4. The molecule has 0 amide bonds. The molecule has 6 nitrogen and oxygen atoms in total. The van der Waals surface area contributed by atoms with E-state index < -0.39 is 0 Å². The molecular formula is C135H93N3O3. The lowest BCUT2D eigenvalue weighted by Gasteiger charge is -2.28. The zero-order valence-corrected chi connectivity index (χ0v) is 77.8. The molecule has 1 aliphatic carbocycles. The molecule has 0 bridgehead atoms. The number of hydrogen-bond donors (Lipinski definition) is 0. The molecule has 0 saturated carbocycles. The van der Waals surface area contributed by atoms with Gasteiger partial charge in [0.15, 0.2) is 16.7 Å². The predicted molar refractivity (Wildman–Crippen MR) is 593 cm³/mol. The molecule has 0 fully saturated rings. The average Bonchev–Trinajstić information content (AvgIpc) is 1.58. The van der Waals surface area contributed by atoms with Crippen molar-refractivity contribution in [2.24, 2.45) is 0 Å². The highest BCUT2D eigenvalue weighted by Crippen LogP contribution is 2.55. The molecule has 3 aromatic heterocycles. The SMILES string of the molecule is CC1(C)c2ccccc2-c2ccc(N(c3ccc(-c4ccccc4)cc3)c3cc(-c4ccc5ccccc5c4)cc4c3oc3ccccc34)cc21.c1ccc(-c2ccc(N(c3cccc(-c4ccccc4)c3)c3cc(-c4ccc5ccccc5c4)cc4c3oc3ccccc34)cc2)cc1.c1ccc(-c2ccc(N(c3ccccc3)c3cc(-c4ccc5ccccc5c4)cc4c3oc3ccccc34)cc2)cc1. The standard InChI is InChI=1S/C49H35NO.C46H31NO.C40H27NO/c1-49(2)44-18-10-8-16-40(44)41-27-26-39(31-45(41)49)50(38-24-22-34(23-25-38)32-12-4-3-5-13-32)46-30-37(36-21-20-33-14-6-7-15-35(33)28-36)29-43-42-17-9-11-19-47(42)51-48(43)46;1-3-12-32(13-4-1)35-24-26-40(27-25-35)47(41-19-11-18-37(29-41)33-14-5-2-6-15-33)44-31-39(38-23-22-34-16-7-8-17-36(34)28-38)30-43-42-20-9-10-21-45(42)48-46(43)44;1-3-11-28(12-4-1)30-21-23-35(24-22-30)41(34-15-5-2-6-16-34)38-27-33(32-20-19-29-13-7-8-14-31(29)25-32)26-37-36-17-9-10-18-39(36)42-40(37)38/h3-31H,1-2H3;1-31H;1-27H. The van der Waals surface area contributed by atoms with Crippen molar-refractivity contribution in [1.82, 2.24) is 0 Å². The Bertz CT molecular complexity index is 9190. The molecule has 0 spiro atoms. The van der Waals surface area contributed by atoms with Gasteiger partial charge in [0.25, 0.3) is 0 Å². The first-order valence-corrected chi connectivity index (χ1v) is 48.3. The van der Waals surface area contributed by atoms with Crippen molar-refractivity contribution in [2.75, 3.05) is 14.7 Å². The lowest BCUT2D eigenvalue weighted by atomic mass is 9.82. The van der Waals surface area contributed by atoms with Gasteiger partial charge in [-0.3, -0.25) is 0 Å². The summed E-state index contributed by atoms with van der Waals surface area (Å²) in [5.74, 6) is 0. The zero-order chi connectivity index (χ0) is 93.9. The van der Waals surface area contributed by atoms with E-state index in [-0.39, 0.29) is 5.41 Å². The molecular weight excluding hydrogens is 1710 g/mol. The maximum Gasteiger partial charge on any atom is 0.159 e. The lowest BCUT2D eigenvalue weighted by molar-refractivity contribution is 0.660. The highest BCUT2D eigenvalue weighted by Gasteiger charge is 2.37. The molecule has 0 aliphatic heterocycles. The van der Waals surface area contributed by atoms with Gasteiger partial charge in [0, 0.05) is 71.9 Å². The van der Waals surface area contributed by atoms with Crippen LogP contribution in [-0.4, -0.2) is 0 Å². The molecule has 141 heavy (non-hydrogen) atoms. The van der Waals surface area contributed by atoms with Crippen molar-refractivity contribution in [3.63, 3.8) is 0 Å². The minimum atomic E-state index is -0.133. The fraction of sp³-hybridized carbons (Fsp3) is 0.0222. The number of hydrogen-bond acceptors (Lipinski definition) is 6. The van der Waals surface area contributed by atoms with Gasteiger partial charge >= 0.3 is 0 Å². The molecule has 26 aromatic rings. The van der Waals surface area contributed by atoms with Crippen LogP contribution in [-0.2, 0) is 5.41 Å². The molecule has 666 valence electrons. The minimum Gasteiger partial charge on any atom is -0.454 e. The van der Waals surface area contributed by atoms with Crippen LogP contribution in [0.25, 0.3) is 187 Å². The maximum atomic E-state index is 6.80. The number of fused-ring (bicyclic) bond motifs is 15. The third-order valence-electron chi connectivity index (χ3n) is 28.1. The smallest absolute Gasteiger partial charge is 0.159 e. The van der Waals surface area contributed by atoms with Crippen LogP contribution in [0.3, 0.4) is 0 Å². The van der Waals surface area contributed by atoms with Gasteiger partial charge < -0.3 is 28.0 Å². The van der Waals surface area contributed by atoms with Crippen LogP contribution < -0.4 is 14.7 Å². The van der Waals surface area contributed by atoms with Crippen LogP contribution in [0.1, 0.15) is 25.0 Å².